The molecule has 0 aromatic heterocycles. The van der Waals surface area contributed by atoms with E-state index in [4.69, 9.17) is 4.74 Å². The largest absolute Gasteiger partial charge is 0.464 e. The summed E-state index contributed by atoms with van der Waals surface area (Å²) in [5.41, 5.74) is 2.34. The number of carbonyl (C=O) groups is 2. The van der Waals surface area contributed by atoms with Crippen LogP contribution in [0.1, 0.15) is 62.6 Å². The summed E-state index contributed by atoms with van der Waals surface area (Å²) in [7, 11) is 0. The highest BCUT2D eigenvalue weighted by molar-refractivity contribution is 5.89. The minimum atomic E-state index is -0.938. The Morgan fingerprint density at radius 3 is 2.48 bits per heavy atom. The molecule has 2 rings (SSSR count). The van der Waals surface area contributed by atoms with Crippen molar-refractivity contribution < 1.29 is 14.3 Å². The Labute approximate surface area is 151 Å². The molecule has 0 heterocycles. The van der Waals surface area contributed by atoms with E-state index in [9.17, 15) is 9.59 Å². The Hall–Kier alpha value is -1.84. The maximum Gasteiger partial charge on any atom is 0.331 e. The van der Waals surface area contributed by atoms with Crippen molar-refractivity contribution in [1.82, 2.24) is 5.32 Å². The van der Waals surface area contributed by atoms with Gasteiger partial charge in [-0.3, -0.25) is 4.79 Å². The van der Waals surface area contributed by atoms with E-state index in [1.807, 2.05) is 32.9 Å². The average Bonchev–Trinajstić information content (AvgIpc) is 2.58. The predicted molar refractivity (Wildman–Crippen MR) is 99.4 cm³/mol. The van der Waals surface area contributed by atoms with Gasteiger partial charge in [-0.15, -0.1) is 0 Å². The van der Waals surface area contributed by atoms with Crippen molar-refractivity contribution in [3.63, 3.8) is 0 Å². The number of esters is 1. The van der Waals surface area contributed by atoms with Gasteiger partial charge >= 0.3 is 5.97 Å². The third-order valence-electron chi connectivity index (χ3n) is 5.37. The number of benzene rings is 1. The lowest BCUT2D eigenvalue weighted by Crippen LogP contribution is -2.58. The van der Waals surface area contributed by atoms with E-state index in [2.05, 4.69) is 11.4 Å². The second kappa shape index (κ2) is 8.50. The molecule has 1 atom stereocenters. The van der Waals surface area contributed by atoms with E-state index in [-0.39, 0.29) is 24.2 Å². The number of hydrogen-bond donors (Lipinski definition) is 1. The second-order valence-corrected chi connectivity index (χ2v) is 7.41. The van der Waals surface area contributed by atoms with Crippen molar-refractivity contribution in [2.75, 3.05) is 6.61 Å². The molecule has 1 aromatic carbocycles. The molecule has 138 valence electrons. The minimum Gasteiger partial charge on any atom is -0.464 e. The normalized spacial score (nSPS) is 17.6. The summed E-state index contributed by atoms with van der Waals surface area (Å²) in [6.45, 7) is 8.02. The third kappa shape index (κ3) is 4.83. The van der Waals surface area contributed by atoms with Gasteiger partial charge in [-0.25, -0.2) is 4.79 Å². The highest BCUT2D eigenvalue weighted by Gasteiger charge is 2.44. The quantitative estimate of drug-likeness (QED) is 0.797. The number of hydrogen-bond acceptors (Lipinski definition) is 3. The van der Waals surface area contributed by atoms with Crippen LogP contribution >= 0.6 is 0 Å². The molecular weight excluding hydrogens is 314 g/mol. The van der Waals surface area contributed by atoms with Crippen LogP contribution in [0.15, 0.2) is 18.2 Å². The molecule has 0 radical (unpaired) electrons. The molecule has 1 aliphatic carbocycles. The van der Waals surface area contributed by atoms with Gasteiger partial charge in [0.2, 0.25) is 5.91 Å². The molecule has 1 aliphatic rings. The highest BCUT2D eigenvalue weighted by atomic mass is 16.5. The van der Waals surface area contributed by atoms with Crippen LogP contribution in [-0.2, 0) is 20.7 Å². The summed E-state index contributed by atoms with van der Waals surface area (Å²) in [6, 6.07) is 6.09. The van der Waals surface area contributed by atoms with Crippen molar-refractivity contribution in [2.24, 2.45) is 5.92 Å². The van der Waals surface area contributed by atoms with Gasteiger partial charge in [-0.1, -0.05) is 43.0 Å². The molecular formula is C21H31NO3. The maximum atomic E-state index is 12.7. The summed E-state index contributed by atoms with van der Waals surface area (Å²) in [4.78, 5) is 25.3. The second-order valence-electron chi connectivity index (χ2n) is 7.41. The van der Waals surface area contributed by atoms with Crippen LogP contribution in [0.4, 0.5) is 0 Å². The summed E-state index contributed by atoms with van der Waals surface area (Å²) in [5, 5.41) is 3.02. The zero-order chi connectivity index (χ0) is 18.4. The zero-order valence-electron chi connectivity index (χ0n) is 16.0. The molecule has 25 heavy (non-hydrogen) atoms. The summed E-state index contributed by atoms with van der Waals surface area (Å²) in [5.74, 6) is -0.285. The molecule has 4 nitrogen and oxygen atoms in total. The van der Waals surface area contributed by atoms with E-state index in [0.29, 0.717) is 6.61 Å². The average molecular weight is 345 g/mol. The number of ether oxygens (including phenoxy) is 1. The first-order chi connectivity index (χ1) is 11.9. The molecule has 0 saturated heterocycles. The number of amides is 1. The van der Waals surface area contributed by atoms with Gasteiger partial charge in [-0.2, -0.15) is 0 Å². The van der Waals surface area contributed by atoms with Gasteiger partial charge in [0.05, 0.1) is 13.0 Å². The Kier molecular flexibility index (Phi) is 6.63. The van der Waals surface area contributed by atoms with Crippen molar-refractivity contribution in [1.29, 1.82) is 0 Å². The van der Waals surface area contributed by atoms with Gasteiger partial charge in [0, 0.05) is 0 Å². The minimum absolute atomic E-state index is 0.118. The van der Waals surface area contributed by atoms with Gasteiger partial charge in [0.25, 0.3) is 0 Å². The first-order valence-corrected chi connectivity index (χ1v) is 9.41. The molecule has 1 aromatic rings. The van der Waals surface area contributed by atoms with Crippen LogP contribution in [0, 0.1) is 19.8 Å². The van der Waals surface area contributed by atoms with Gasteiger partial charge in [-0.05, 0) is 57.6 Å². The van der Waals surface area contributed by atoms with Crippen molar-refractivity contribution in [3.8, 4) is 0 Å². The lowest BCUT2D eigenvalue weighted by atomic mass is 9.75. The monoisotopic (exact) mass is 345 g/mol. The van der Waals surface area contributed by atoms with Crippen LogP contribution < -0.4 is 5.32 Å². The number of aryl methyl sites for hydroxylation is 2. The Morgan fingerprint density at radius 2 is 1.88 bits per heavy atom. The molecule has 4 heteroatoms. The van der Waals surface area contributed by atoms with Crippen molar-refractivity contribution >= 4 is 11.9 Å². The standard InChI is InChI=1S/C21H31NO3/c1-5-25-20(24)21(4,18-9-7-6-8-10-18)22-19(23)14-17-12-11-15(2)13-16(17)3/h11-13,18H,5-10,14H2,1-4H3,(H,22,23)/t21-/m1/s1. The molecule has 0 unspecified atom stereocenters. The maximum absolute atomic E-state index is 12.7. The smallest absolute Gasteiger partial charge is 0.331 e. The summed E-state index contributed by atoms with van der Waals surface area (Å²) in [6.07, 6.45) is 5.61. The van der Waals surface area contributed by atoms with Crippen LogP contribution in [0.3, 0.4) is 0 Å². The SMILES string of the molecule is CCOC(=O)[C@](C)(NC(=O)Cc1ccc(C)cc1C)C1CCCCC1. The summed E-state index contributed by atoms with van der Waals surface area (Å²) < 4.78 is 5.30. The van der Waals surface area contributed by atoms with Crippen LogP contribution in [-0.4, -0.2) is 24.0 Å². The first kappa shape index (κ1) is 19.5. The van der Waals surface area contributed by atoms with E-state index < -0.39 is 5.54 Å². The predicted octanol–water partition coefficient (Wildman–Crippen LogP) is 3.86. The molecule has 0 bridgehead atoms. The lowest BCUT2D eigenvalue weighted by molar-refractivity contribution is -0.156. The van der Waals surface area contributed by atoms with E-state index >= 15 is 0 Å². The lowest BCUT2D eigenvalue weighted by Gasteiger charge is -2.38. The van der Waals surface area contributed by atoms with Crippen molar-refractivity contribution in [3.05, 3.63) is 34.9 Å². The van der Waals surface area contributed by atoms with Gasteiger partial charge < -0.3 is 10.1 Å². The van der Waals surface area contributed by atoms with Crippen molar-refractivity contribution in [2.45, 2.75) is 71.8 Å². The molecule has 1 saturated carbocycles. The third-order valence-corrected chi connectivity index (χ3v) is 5.37. The number of nitrogens with one attached hydrogen (secondary N) is 1. The van der Waals surface area contributed by atoms with Crippen LogP contribution in [0.2, 0.25) is 0 Å². The zero-order valence-corrected chi connectivity index (χ0v) is 16.0. The Morgan fingerprint density at radius 1 is 1.20 bits per heavy atom. The molecule has 1 fully saturated rings. The molecule has 1 N–H and O–H groups in total. The van der Waals surface area contributed by atoms with Gasteiger partial charge in [0.1, 0.15) is 5.54 Å². The fourth-order valence-corrected chi connectivity index (χ4v) is 3.83. The summed E-state index contributed by atoms with van der Waals surface area (Å²) >= 11 is 0. The fourth-order valence-electron chi connectivity index (χ4n) is 3.83. The van der Waals surface area contributed by atoms with E-state index in [1.54, 1.807) is 6.92 Å². The van der Waals surface area contributed by atoms with E-state index in [1.165, 1.54) is 12.0 Å². The molecule has 1 amide bonds. The first-order valence-electron chi connectivity index (χ1n) is 9.41. The molecule has 0 aliphatic heterocycles. The van der Waals surface area contributed by atoms with E-state index in [0.717, 1.165) is 36.8 Å². The topological polar surface area (TPSA) is 55.4 Å². The number of carbonyl (C=O) groups excluding carboxylic acids is 2. The Balaban J connectivity index is 2.14. The highest BCUT2D eigenvalue weighted by Crippen LogP contribution is 2.33. The molecule has 0 spiro atoms. The van der Waals surface area contributed by atoms with Crippen LogP contribution in [0.5, 0.6) is 0 Å². The van der Waals surface area contributed by atoms with Gasteiger partial charge in [0.15, 0.2) is 0 Å². The number of rotatable bonds is 6. The van der Waals surface area contributed by atoms with Crippen LogP contribution in [0.25, 0.3) is 0 Å². The Bertz CT molecular complexity index is 620. The fraction of sp³-hybridized carbons (Fsp3) is 0.619.